The van der Waals surface area contributed by atoms with E-state index in [1.807, 2.05) is 19.1 Å². The smallest absolute Gasteiger partial charge is 0.147 e. The van der Waals surface area contributed by atoms with Crippen molar-refractivity contribution in [1.29, 1.82) is 0 Å². The van der Waals surface area contributed by atoms with Gasteiger partial charge < -0.3 is 19.2 Å². The summed E-state index contributed by atoms with van der Waals surface area (Å²) in [4.78, 5) is 0. The molecule has 16 heavy (non-hydrogen) atoms. The third-order valence-corrected chi connectivity index (χ3v) is 2.81. The van der Waals surface area contributed by atoms with Crippen LogP contribution < -0.4 is 5.32 Å². The molecular formula is C12H19NO3. The molecule has 0 aliphatic carbocycles. The molecule has 1 aliphatic heterocycles. The Bertz CT molecular complexity index is 318. The van der Waals surface area contributed by atoms with Gasteiger partial charge in [-0.25, -0.2) is 0 Å². The second-order valence-corrected chi connectivity index (χ2v) is 4.18. The molecule has 1 aromatic rings. The topological polar surface area (TPSA) is 43.6 Å². The van der Waals surface area contributed by atoms with Crippen LogP contribution >= 0.6 is 0 Å². The highest BCUT2D eigenvalue weighted by atomic mass is 16.7. The predicted molar refractivity (Wildman–Crippen MR) is 60.2 cm³/mol. The van der Waals surface area contributed by atoms with Gasteiger partial charge in [-0.3, -0.25) is 0 Å². The first-order chi connectivity index (χ1) is 7.75. The zero-order valence-electron chi connectivity index (χ0n) is 9.86. The van der Waals surface area contributed by atoms with Crippen molar-refractivity contribution in [3.63, 3.8) is 0 Å². The fraction of sp³-hybridized carbons (Fsp3) is 0.667. The lowest BCUT2D eigenvalue weighted by molar-refractivity contribution is -0.137. The summed E-state index contributed by atoms with van der Waals surface area (Å²) < 4.78 is 16.1. The molecule has 1 saturated heterocycles. The van der Waals surface area contributed by atoms with Crippen molar-refractivity contribution in [2.75, 3.05) is 19.9 Å². The van der Waals surface area contributed by atoms with Gasteiger partial charge >= 0.3 is 0 Å². The summed E-state index contributed by atoms with van der Waals surface area (Å²) >= 11 is 0. The van der Waals surface area contributed by atoms with E-state index in [1.54, 1.807) is 0 Å². The molecule has 0 saturated carbocycles. The molecule has 0 radical (unpaired) electrons. The van der Waals surface area contributed by atoms with E-state index in [0.29, 0.717) is 6.79 Å². The molecule has 1 aliphatic rings. The maximum Gasteiger partial charge on any atom is 0.147 e. The van der Waals surface area contributed by atoms with Crippen LogP contribution in [0.25, 0.3) is 0 Å². The van der Waals surface area contributed by atoms with Crippen molar-refractivity contribution in [2.45, 2.75) is 32.4 Å². The Morgan fingerprint density at radius 1 is 1.50 bits per heavy atom. The van der Waals surface area contributed by atoms with Gasteiger partial charge in [0.2, 0.25) is 0 Å². The van der Waals surface area contributed by atoms with Gasteiger partial charge in [-0.2, -0.15) is 0 Å². The maximum atomic E-state index is 5.56. The van der Waals surface area contributed by atoms with E-state index in [-0.39, 0.29) is 12.1 Å². The molecule has 1 aromatic heterocycles. The van der Waals surface area contributed by atoms with Crippen molar-refractivity contribution < 1.29 is 13.9 Å². The number of rotatable bonds is 4. The van der Waals surface area contributed by atoms with E-state index >= 15 is 0 Å². The fourth-order valence-corrected chi connectivity index (χ4v) is 1.76. The second-order valence-electron chi connectivity index (χ2n) is 4.18. The lowest BCUT2D eigenvalue weighted by Crippen LogP contribution is -2.35. The van der Waals surface area contributed by atoms with Crippen LogP contribution in [-0.2, 0) is 9.47 Å². The zero-order valence-corrected chi connectivity index (χ0v) is 9.86. The Hall–Kier alpha value is -0.840. The Kier molecular flexibility index (Phi) is 3.98. The molecule has 1 fully saturated rings. The van der Waals surface area contributed by atoms with Gasteiger partial charge in [0.05, 0.1) is 18.8 Å². The van der Waals surface area contributed by atoms with Crippen molar-refractivity contribution in [3.05, 3.63) is 23.7 Å². The zero-order chi connectivity index (χ0) is 11.4. The van der Waals surface area contributed by atoms with E-state index < -0.39 is 0 Å². The Balaban J connectivity index is 1.76. The Morgan fingerprint density at radius 3 is 3.00 bits per heavy atom. The fourth-order valence-electron chi connectivity index (χ4n) is 1.76. The van der Waals surface area contributed by atoms with Crippen LogP contribution in [0, 0.1) is 6.92 Å². The number of ether oxygens (including phenoxy) is 2. The van der Waals surface area contributed by atoms with Gasteiger partial charge in [0, 0.05) is 6.54 Å². The molecular weight excluding hydrogens is 206 g/mol. The van der Waals surface area contributed by atoms with E-state index in [2.05, 4.69) is 12.2 Å². The minimum Gasteiger partial charge on any atom is -0.465 e. The molecule has 2 unspecified atom stereocenters. The highest BCUT2D eigenvalue weighted by Gasteiger charge is 2.16. The molecule has 2 rings (SSSR count). The van der Waals surface area contributed by atoms with Crippen molar-refractivity contribution in [3.8, 4) is 0 Å². The first-order valence-corrected chi connectivity index (χ1v) is 5.75. The number of nitrogens with one attached hydrogen (secondary N) is 1. The highest BCUT2D eigenvalue weighted by Crippen LogP contribution is 2.16. The van der Waals surface area contributed by atoms with Crippen molar-refractivity contribution in [2.24, 2.45) is 0 Å². The van der Waals surface area contributed by atoms with E-state index in [4.69, 9.17) is 13.9 Å². The Morgan fingerprint density at radius 2 is 2.38 bits per heavy atom. The molecule has 0 spiro atoms. The standard InChI is InChI=1S/C12H19NO3/c1-9-3-4-12(16-9)10(2)13-7-11-5-6-14-8-15-11/h3-4,10-11,13H,5-8H2,1-2H3. The summed E-state index contributed by atoms with van der Waals surface area (Å²) in [5.74, 6) is 1.93. The number of aryl methyl sites for hydroxylation is 1. The van der Waals surface area contributed by atoms with Gasteiger partial charge in [-0.05, 0) is 32.4 Å². The summed E-state index contributed by atoms with van der Waals surface area (Å²) in [5, 5.41) is 3.41. The van der Waals surface area contributed by atoms with E-state index in [0.717, 1.165) is 31.1 Å². The molecule has 90 valence electrons. The van der Waals surface area contributed by atoms with Crippen LogP contribution in [0.1, 0.15) is 30.9 Å². The van der Waals surface area contributed by atoms with Gasteiger partial charge in [0.1, 0.15) is 18.3 Å². The summed E-state index contributed by atoms with van der Waals surface area (Å²) in [5.41, 5.74) is 0. The Labute approximate surface area is 95.9 Å². The summed E-state index contributed by atoms with van der Waals surface area (Å²) in [7, 11) is 0. The maximum absolute atomic E-state index is 5.56. The molecule has 4 nitrogen and oxygen atoms in total. The van der Waals surface area contributed by atoms with Crippen LogP contribution in [0.2, 0.25) is 0 Å². The van der Waals surface area contributed by atoms with Crippen LogP contribution in [0.3, 0.4) is 0 Å². The first kappa shape index (κ1) is 11.6. The minimum atomic E-state index is 0.222. The van der Waals surface area contributed by atoms with E-state index in [9.17, 15) is 0 Å². The monoisotopic (exact) mass is 225 g/mol. The lowest BCUT2D eigenvalue weighted by Gasteiger charge is -2.24. The van der Waals surface area contributed by atoms with Crippen molar-refractivity contribution in [1.82, 2.24) is 5.32 Å². The number of hydrogen-bond donors (Lipinski definition) is 1. The third kappa shape index (κ3) is 3.07. The van der Waals surface area contributed by atoms with Crippen LogP contribution in [0.15, 0.2) is 16.5 Å². The van der Waals surface area contributed by atoms with Crippen LogP contribution in [-0.4, -0.2) is 26.0 Å². The number of hydrogen-bond acceptors (Lipinski definition) is 4. The lowest BCUT2D eigenvalue weighted by atomic mass is 10.2. The average Bonchev–Trinajstić information content (AvgIpc) is 2.74. The molecule has 2 atom stereocenters. The minimum absolute atomic E-state index is 0.222. The largest absolute Gasteiger partial charge is 0.465 e. The molecule has 0 bridgehead atoms. The second kappa shape index (κ2) is 5.48. The summed E-state index contributed by atoms with van der Waals surface area (Å²) in [6.45, 7) is 6.10. The summed E-state index contributed by atoms with van der Waals surface area (Å²) in [6, 6.07) is 4.22. The molecule has 0 aromatic carbocycles. The van der Waals surface area contributed by atoms with Gasteiger partial charge in [-0.1, -0.05) is 0 Å². The SMILES string of the molecule is Cc1ccc(C(C)NCC2CCOCO2)o1. The normalized spacial score (nSPS) is 23.2. The van der Waals surface area contributed by atoms with Gasteiger partial charge in [-0.15, -0.1) is 0 Å². The molecule has 4 heteroatoms. The molecule has 2 heterocycles. The quantitative estimate of drug-likeness (QED) is 0.851. The van der Waals surface area contributed by atoms with Crippen LogP contribution in [0.5, 0.6) is 0 Å². The highest BCUT2D eigenvalue weighted by molar-refractivity contribution is 5.08. The van der Waals surface area contributed by atoms with Crippen molar-refractivity contribution >= 4 is 0 Å². The molecule has 1 N–H and O–H groups in total. The van der Waals surface area contributed by atoms with Gasteiger partial charge in [0.25, 0.3) is 0 Å². The van der Waals surface area contributed by atoms with Gasteiger partial charge in [0.15, 0.2) is 0 Å². The molecule has 0 amide bonds. The number of furan rings is 1. The summed E-state index contributed by atoms with van der Waals surface area (Å²) in [6.07, 6.45) is 1.21. The first-order valence-electron chi connectivity index (χ1n) is 5.75. The third-order valence-electron chi connectivity index (χ3n) is 2.81. The van der Waals surface area contributed by atoms with E-state index in [1.165, 1.54) is 0 Å². The predicted octanol–water partition coefficient (Wildman–Crippen LogP) is 2.00. The van der Waals surface area contributed by atoms with Crippen LogP contribution in [0.4, 0.5) is 0 Å². The average molecular weight is 225 g/mol.